The van der Waals surface area contributed by atoms with Crippen molar-refractivity contribution in [3.05, 3.63) is 95.1 Å². The number of thioether (sulfide) groups is 1. The second kappa shape index (κ2) is 17.0. The summed E-state index contributed by atoms with van der Waals surface area (Å²) in [5.74, 6) is -0.256. The maximum Gasteiger partial charge on any atom is 0.303 e. The fourth-order valence-corrected chi connectivity index (χ4v) is 5.79. The van der Waals surface area contributed by atoms with E-state index >= 15 is 0 Å². The van der Waals surface area contributed by atoms with Crippen molar-refractivity contribution < 1.29 is 34.1 Å². The highest BCUT2D eigenvalue weighted by Crippen LogP contribution is 2.39. The average molecular weight is 621 g/mol. The van der Waals surface area contributed by atoms with Crippen LogP contribution < -0.4 is 10.6 Å². The van der Waals surface area contributed by atoms with Crippen LogP contribution in [-0.2, 0) is 37.0 Å². The molecule has 1 aliphatic rings. The highest BCUT2D eigenvalue weighted by Gasteiger charge is 2.32. The number of anilines is 1. The summed E-state index contributed by atoms with van der Waals surface area (Å²) in [7, 11) is 0. The van der Waals surface area contributed by atoms with Crippen LogP contribution in [0.2, 0.25) is 0 Å². The number of nitrogens with one attached hydrogen (secondary N) is 2. The van der Waals surface area contributed by atoms with Crippen LogP contribution in [0.25, 0.3) is 0 Å². The third-order valence-corrected chi connectivity index (χ3v) is 8.41. The molecule has 1 aliphatic heterocycles. The number of aliphatic hydroxyl groups excluding tert-OH is 1. The molecule has 44 heavy (non-hydrogen) atoms. The van der Waals surface area contributed by atoms with E-state index in [4.69, 9.17) is 14.6 Å². The van der Waals surface area contributed by atoms with Crippen LogP contribution in [0, 0.1) is 0 Å². The van der Waals surface area contributed by atoms with Crippen molar-refractivity contribution in [1.82, 2.24) is 5.32 Å². The summed E-state index contributed by atoms with van der Waals surface area (Å²) in [6, 6.07) is 23.3. The molecule has 1 heterocycles. The molecule has 3 aromatic carbocycles. The molecule has 0 spiro atoms. The molecule has 0 bridgehead atoms. The van der Waals surface area contributed by atoms with Crippen LogP contribution in [-0.4, -0.2) is 39.9 Å². The van der Waals surface area contributed by atoms with E-state index in [0.29, 0.717) is 44.4 Å². The van der Waals surface area contributed by atoms with E-state index in [-0.39, 0.29) is 37.0 Å². The van der Waals surface area contributed by atoms with Crippen molar-refractivity contribution in [1.29, 1.82) is 0 Å². The SMILES string of the molecule is CC(=O)Nc1ccc(SC[C@@H]2C[C@H](c3ccc(CO)cc3)O[C@H](c3ccc(CNC(=O)CCCCCC(=O)O)cc3)O2)cc1. The molecule has 3 aromatic rings. The number of rotatable bonds is 15. The Labute approximate surface area is 262 Å². The van der Waals surface area contributed by atoms with E-state index in [1.807, 2.05) is 72.8 Å². The summed E-state index contributed by atoms with van der Waals surface area (Å²) in [6.07, 6.45) is 2.29. The van der Waals surface area contributed by atoms with Crippen LogP contribution in [0.15, 0.2) is 77.7 Å². The first kappa shape index (κ1) is 33.2. The number of aliphatic hydroxyl groups is 1. The molecule has 1 fully saturated rings. The molecule has 234 valence electrons. The zero-order valence-electron chi connectivity index (χ0n) is 24.9. The van der Waals surface area contributed by atoms with Crippen LogP contribution in [0.1, 0.15) is 80.1 Å². The lowest BCUT2D eigenvalue weighted by Gasteiger charge is -2.36. The largest absolute Gasteiger partial charge is 0.481 e. The maximum absolute atomic E-state index is 12.2. The predicted molar refractivity (Wildman–Crippen MR) is 169 cm³/mol. The van der Waals surface area contributed by atoms with Gasteiger partial charge in [0.25, 0.3) is 0 Å². The van der Waals surface area contributed by atoms with Gasteiger partial charge in [0.1, 0.15) is 0 Å². The number of carbonyl (C=O) groups is 3. The first-order valence-electron chi connectivity index (χ1n) is 14.9. The van der Waals surface area contributed by atoms with Gasteiger partial charge in [-0.15, -0.1) is 11.8 Å². The number of aliphatic carboxylic acids is 1. The van der Waals surface area contributed by atoms with Crippen LogP contribution in [0.3, 0.4) is 0 Å². The normalized spacial score (nSPS) is 18.0. The Kier molecular flexibility index (Phi) is 12.8. The molecule has 0 radical (unpaired) electrons. The number of hydrogen-bond donors (Lipinski definition) is 4. The number of carboxylic acid groups (broad SMARTS) is 1. The van der Waals surface area contributed by atoms with Gasteiger partial charge in [0.2, 0.25) is 11.8 Å². The van der Waals surface area contributed by atoms with E-state index in [1.54, 1.807) is 11.8 Å². The van der Waals surface area contributed by atoms with Crippen LogP contribution in [0.4, 0.5) is 5.69 Å². The van der Waals surface area contributed by atoms with Crippen molar-refractivity contribution in [2.45, 2.75) is 82.0 Å². The number of ether oxygens (including phenoxy) is 2. The molecular weight excluding hydrogens is 580 g/mol. The highest BCUT2D eigenvalue weighted by molar-refractivity contribution is 7.99. The zero-order chi connectivity index (χ0) is 31.3. The fraction of sp³-hybridized carbons (Fsp3) is 0.382. The Hall–Kier alpha value is -3.70. The van der Waals surface area contributed by atoms with Gasteiger partial charge in [-0.05, 0) is 53.8 Å². The summed E-state index contributed by atoms with van der Waals surface area (Å²) in [4.78, 5) is 35.2. The first-order valence-corrected chi connectivity index (χ1v) is 15.9. The molecule has 4 N–H and O–H groups in total. The van der Waals surface area contributed by atoms with E-state index in [2.05, 4.69) is 10.6 Å². The lowest BCUT2D eigenvalue weighted by atomic mass is 10.0. The van der Waals surface area contributed by atoms with Crippen molar-refractivity contribution >= 4 is 35.2 Å². The molecule has 1 saturated heterocycles. The van der Waals surface area contributed by atoms with Crippen LogP contribution in [0.5, 0.6) is 0 Å². The maximum atomic E-state index is 12.2. The minimum absolute atomic E-state index is 0.0167. The van der Waals surface area contributed by atoms with Gasteiger partial charge in [0, 0.05) is 54.6 Å². The lowest BCUT2D eigenvalue weighted by molar-refractivity contribution is -0.245. The highest BCUT2D eigenvalue weighted by atomic mass is 32.2. The Morgan fingerprint density at radius 3 is 2.16 bits per heavy atom. The predicted octanol–water partition coefficient (Wildman–Crippen LogP) is 6.13. The van der Waals surface area contributed by atoms with E-state index < -0.39 is 12.3 Å². The van der Waals surface area contributed by atoms with Gasteiger partial charge in [-0.3, -0.25) is 14.4 Å². The molecule has 9 nitrogen and oxygen atoms in total. The van der Waals surface area contributed by atoms with Crippen molar-refractivity contribution in [2.75, 3.05) is 11.1 Å². The Morgan fingerprint density at radius 1 is 0.841 bits per heavy atom. The number of carbonyl (C=O) groups excluding carboxylic acids is 2. The lowest BCUT2D eigenvalue weighted by Crippen LogP contribution is -2.31. The molecule has 0 saturated carbocycles. The summed E-state index contributed by atoms with van der Waals surface area (Å²) in [5, 5.41) is 23.9. The number of amides is 2. The summed E-state index contributed by atoms with van der Waals surface area (Å²) in [6.45, 7) is 1.87. The Bertz CT molecular complexity index is 1360. The topological polar surface area (TPSA) is 134 Å². The Balaban J connectivity index is 1.36. The Morgan fingerprint density at radius 2 is 1.50 bits per heavy atom. The molecular formula is C34H40N2O7S. The molecule has 10 heteroatoms. The third kappa shape index (κ3) is 10.8. The molecule has 4 rings (SSSR count). The van der Waals surface area contributed by atoms with Gasteiger partial charge >= 0.3 is 5.97 Å². The second-order valence-corrected chi connectivity index (χ2v) is 11.9. The van der Waals surface area contributed by atoms with Crippen molar-refractivity contribution in [3.63, 3.8) is 0 Å². The van der Waals surface area contributed by atoms with Gasteiger partial charge in [-0.1, -0.05) is 55.0 Å². The smallest absolute Gasteiger partial charge is 0.303 e. The summed E-state index contributed by atoms with van der Waals surface area (Å²) < 4.78 is 12.9. The second-order valence-electron chi connectivity index (χ2n) is 10.8. The van der Waals surface area contributed by atoms with Gasteiger partial charge in [-0.25, -0.2) is 0 Å². The van der Waals surface area contributed by atoms with E-state index in [0.717, 1.165) is 32.8 Å². The molecule has 0 aliphatic carbocycles. The summed E-state index contributed by atoms with van der Waals surface area (Å²) in [5.41, 5.74) is 4.45. The molecule has 3 atom stereocenters. The van der Waals surface area contributed by atoms with Gasteiger partial charge in [-0.2, -0.15) is 0 Å². The third-order valence-electron chi connectivity index (χ3n) is 7.26. The monoisotopic (exact) mass is 620 g/mol. The number of carboxylic acids is 1. The van der Waals surface area contributed by atoms with Crippen LogP contribution >= 0.6 is 11.8 Å². The van der Waals surface area contributed by atoms with Gasteiger partial charge < -0.3 is 30.3 Å². The molecule has 0 unspecified atom stereocenters. The fourth-order valence-electron chi connectivity index (χ4n) is 4.87. The van der Waals surface area contributed by atoms with Crippen molar-refractivity contribution in [3.8, 4) is 0 Å². The van der Waals surface area contributed by atoms with E-state index in [9.17, 15) is 19.5 Å². The average Bonchev–Trinajstić information content (AvgIpc) is 3.03. The quantitative estimate of drug-likeness (QED) is 0.118. The minimum Gasteiger partial charge on any atom is -0.481 e. The minimum atomic E-state index is -0.810. The zero-order valence-corrected chi connectivity index (χ0v) is 25.7. The number of hydrogen-bond acceptors (Lipinski definition) is 7. The molecule has 0 aromatic heterocycles. The standard InChI is InChI=1S/C34H40N2O7S/c1-23(38)36-28-15-17-30(18-16-28)44-22-29-19-31(26-11-9-25(21-37)10-12-26)43-34(42-29)27-13-7-24(8-14-27)20-35-32(39)5-3-2-4-6-33(40)41/h7-18,29,31,34,37H,2-6,19-22H2,1H3,(H,35,39)(H,36,38)(H,40,41)/t29-,31+,34+/m0/s1. The van der Waals surface area contributed by atoms with Gasteiger partial charge in [0.05, 0.1) is 18.8 Å². The van der Waals surface area contributed by atoms with Crippen molar-refractivity contribution in [2.24, 2.45) is 0 Å². The number of benzene rings is 3. The summed E-state index contributed by atoms with van der Waals surface area (Å²) >= 11 is 1.68. The molecule has 2 amide bonds. The van der Waals surface area contributed by atoms with Gasteiger partial charge in [0.15, 0.2) is 6.29 Å². The first-order chi connectivity index (χ1) is 21.3. The number of unbranched alkanes of at least 4 members (excludes halogenated alkanes) is 2. The van der Waals surface area contributed by atoms with E-state index in [1.165, 1.54) is 6.92 Å².